The van der Waals surface area contributed by atoms with Gasteiger partial charge in [-0.1, -0.05) is 17.7 Å². The largest absolute Gasteiger partial charge is 0.393 e. The molecule has 1 amide bonds. The number of hydrogen-bond acceptors (Lipinski definition) is 3. The number of aryl methyl sites for hydroxylation is 1. The fourth-order valence-corrected chi connectivity index (χ4v) is 2.46. The van der Waals surface area contributed by atoms with E-state index < -0.39 is 0 Å². The molecule has 1 aromatic carbocycles. The fraction of sp³-hybridized carbons (Fsp3) is 0.533. The summed E-state index contributed by atoms with van der Waals surface area (Å²) in [6.45, 7) is 4.48. The molecule has 0 spiro atoms. The number of aliphatic hydroxyl groups is 1. The average molecular weight is 281 g/mol. The van der Waals surface area contributed by atoms with Crippen molar-refractivity contribution in [1.29, 1.82) is 0 Å². The first kappa shape index (κ1) is 16.1. The molecule has 0 aliphatic rings. The third-order valence-electron chi connectivity index (χ3n) is 2.74. The molecule has 0 bridgehead atoms. The van der Waals surface area contributed by atoms with Crippen LogP contribution in [-0.4, -0.2) is 29.4 Å². The zero-order valence-corrected chi connectivity index (χ0v) is 12.5. The Kier molecular flexibility index (Phi) is 7.60. The molecule has 0 aliphatic carbocycles. The number of benzene rings is 1. The Morgan fingerprint density at radius 2 is 2.05 bits per heavy atom. The Balaban J connectivity index is 2.08. The lowest BCUT2D eigenvalue weighted by atomic mass is 10.2. The van der Waals surface area contributed by atoms with E-state index in [1.165, 1.54) is 10.5 Å². The fourth-order valence-electron chi connectivity index (χ4n) is 1.61. The van der Waals surface area contributed by atoms with E-state index >= 15 is 0 Å². The smallest absolute Gasteiger partial charge is 0.220 e. The van der Waals surface area contributed by atoms with Crippen molar-refractivity contribution in [2.24, 2.45) is 0 Å². The number of aliphatic hydroxyl groups excluding tert-OH is 1. The molecule has 0 fully saturated rings. The van der Waals surface area contributed by atoms with E-state index in [-0.39, 0.29) is 12.0 Å². The van der Waals surface area contributed by atoms with Crippen LogP contribution in [0.3, 0.4) is 0 Å². The first-order valence-electron chi connectivity index (χ1n) is 6.72. The maximum Gasteiger partial charge on any atom is 0.220 e. The summed E-state index contributed by atoms with van der Waals surface area (Å²) < 4.78 is 0. The van der Waals surface area contributed by atoms with E-state index in [0.717, 1.165) is 18.6 Å². The molecule has 0 saturated heterocycles. The molecular formula is C15H23NO2S. The summed E-state index contributed by atoms with van der Waals surface area (Å²) in [6.07, 6.45) is 1.81. The van der Waals surface area contributed by atoms with Crippen molar-refractivity contribution in [3.63, 3.8) is 0 Å². The molecule has 2 N–H and O–H groups in total. The zero-order chi connectivity index (χ0) is 14.1. The van der Waals surface area contributed by atoms with Gasteiger partial charge in [0.25, 0.3) is 0 Å². The van der Waals surface area contributed by atoms with Gasteiger partial charge in [-0.3, -0.25) is 4.79 Å². The number of amides is 1. The van der Waals surface area contributed by atoms with Gasteiger partial charge in [-0.2, -0.15) is 0 Å². The average Bonchev–Trinajstić information content (AvgIpc) is 2.37. The highest BCUT2D eigenvalue weighted by molar-refractivity contribution is 7.99. The number of hydrogen-bond donors (Lipinski definition) is 2. The third kappa shape index (κ3) is 7.90. The van der Waals surface area contributed by atoms with Gasteiger partial charge in [0.05, 0.1) is 6.10 Å². The molecule has 19 heavy (non-hydrogen) atoms. The van der Waals surface area contributed by atoms with Crippen molar-refractivity contribution >= 4 is 17.7 Å². The van der Waals surface area contributed by atoms with E-state index in [0.29, 0.717) is 13.0 Å². The van der Waals surface area contributed by atoms with Gasteiger partial charge >= 0.3 is 0 Å². The van der Waals surface area contributed by atoms with Crippen molar-refractivity contribution in [1.82, 2.24) is 5.32 Å². The predicted octanol–water partition coefficient (Wildman–Crippen LogP) is 2.75. The first-order chi connectivity index (χ1) is 9.08. The minimum Gasteiger partial charge on any atom is -0.393 e. The highest BCUT2D eigenvalue weighted by Gasteiger charge is 2.02. The van der Waals surface area contributed by atoms with Crippen molar-refractivity contribution in [3.05, 3.63) is 29.8 Å². The normalized spacial score (nSPS) is 12.2. The van der Waals surface area contributed by atoms with Gasteiger partial charge in [0.2, 0.25) is 5.91 Å². The first-order valence-corrected chi connectivity index (χ1v) is 7.70. The number of carbonyl (C=O) groups is 1. The van der Waals surface area contributed by atoms with Crippen LogP contribution in [0.5, 0.6) is 0 Å². The van der Waals surface area contributed by atoms with Gasteiger partial charge in [-0.05, 0) is 38.8 Å². The molecule has 0 heterocycles. The standard InChI is InChI=1S/C15H23NO2S/c1-12-5-7-14(8-6-12)19-11-9-15(18)16-10-3-4-13(2)17/h5-8,13,17H,3-4,9-11H2,1-2H3,(H,16,18). The number of carbonyl (C=O) groups excluding carboxylic acids is 1. The second-order valence-electron chi connectivity index (χ2n) is 4.75. The number of rotatable bonds is 8. The molecule has 1 aromatic rings. The minimum atomic E-state index is -0.283. The van der Waals surface area contributed by atoms with Crippen LogP contribution in [0.2, 0.25) is 0 Å². The summed E-state index contributed by atoms with van der Waals surface area (Å²) in [4.78, 5) is 12.7. The maximum atomic E-state index is 11.5. The summed E-state index contributed by atoms with van der Waals surface area (Å²) in [5.74, 6) is 0.885. The summed E-state index contributed by atoms with van der Waals surface area (Å²) in [5.41, 5.74) is 1.25. The summed E-state index contributed by atoms with van der Waals surface area (Å²) in [6, 6.07) is 8.33. The van der Waals surface area contributed by atoms with Crippen LogP contribution < -0.4 is 5.32 Å². The van der Waals surface area contributed by atoms with Gasteiger partial charge in [-0.15, -0.1) is 11.8 Å². The Morgan fingerprint density at radius 3 is 2.68 bits per heavy atom. The molecule has 0 saturated carbocycles. The number of nitrogens with one attached hydrogen (secondary N) is 1. The van der Waals surface area contributed by atoms with Gasteiger partial charge in [0, 0.05) is 23.6 Å². The lowest BCUT2D eigenvalue weighted by Crippen LogP contribution is -2.25. The molecule has 1 atom stereocenters. The van der Waals surface area contributed by atoms with E-state index in [4.69, 9.17) is 5.11 Å². The molecular weight excluding hydrogens is 258 g/mol. The van der Waals surface area contributed by atoms with Crippen LogP contribution in [0.1, 0.15) is 31.7 Å². The van der Waals surface area contributed by atoms with Crippen LogP contribution in [0.4, 0.5) is 0 Å². The van der Waals surface area contributed by atoms with Gasteiger partial charge in [0.1, 0.15) is 0 Å². The summed E-state index contributed by atoms with van der Waals surface area (Å²) >= 11 is 1.70. The van der Waals surface area contributed by atoms with Crippen molar-refractivity contribution in [3.8, 4) is 0 Å². The van der Waals surface area contributed by atoms with Crippen molar-refractivity contribution in [2.75, 3.05) is 12.3 Å². The molecule has 0 radical (unpaired) electrons. The van der Waals surface area contributed by atoms with Gasteiger partial charge in [0.15, 0.2) is 0 Å². The molecule has 106 valence electrons. The summed E-state index contributed by atoms with van der Waals surface area (Å²) in [5, 5.41) is 12.0. The molecule has 0 aliphatic heterocycles. The predicted molar refractivity (Wildman–Crippen MR) is 80.4 cm³/mol. The molecule has 3 nitrogen and oxygen atoms in total. The molecule has 0 aromatic heterocycles. The third-order valence-corrected chi connectivity index (χ3v) is 3.75. The zero-order valence-electron chi connectivity index (χ0n) is 11.7. The highest BCUT2D eigenvalue weighted by atomic mass is 32.2. The Hall–Kier alpha value is -1.00. The van der Waals surface area contributed by atoms with Crippen LogP contribution in [-0.2, 0) is 4.79 Å². The molecule has 1 rings (SSSR count). The minimum absolute atomic E-state index is 0.0882. The van der Waals surface area contributed by atoms with E-state index in [1.54, 1.807) is 18.7 Å². The lowest BCUT2D eigenvalue weighted by molar-refractivity contribution is -0.120. The monoisotopic (exact) mass is 281 g/mol. The van der Waals surface area contributed by atoms with Gasteiger partial charge in [-0.25, -0.2) is 0 Å². The summed E-state index contributed by atoms with van der Waals surface area (Å²) in [7, 11) is 0. The number of thioether (sulfide) groups is 1. The van der Waals surface area contributed by atoms with Crippen LogP contribution in [0.25, 0.3) is 0 Å². The Labute approximate surface area is 119 Å². The Morgan fingerprint density at radius 1 is 1.37 bits per heavy atom. The van der Waals surface area contributed by atoms with Gasteiger partial charge < -0.3 is 10.4 Å². The second kappa shape index (κ2) is 8.99. The van der Waals surface area contributed by atoms with E-state index in [2.05, 4.69) is 36.5 Å². The van der Waals surface area contributed by atoms with Crippen molar-refractivity contribution in [2.45, 2.75) is 44.1 Å². The SMILES string of the molecule is Cc1ccc(SCCC(=O)NCCCC(C)O)cc1. The second-order valence-corrected chi connectivity index (χ2v) is 5.92. The van der Waals surface area contributed by atoms with Crippen LogP contribution in [0.15, 0.2) is 29.2 Å². The van der Waals surface area contributed by atoms with Crippen molar-refractivity contribution < 1.29 is 9.90 Å². The lowest BCUT2D eigenvalue weighted by Gasteiger charge is -2.06. The Bertz CT molecular complexity index is 376. The van der Waals surface area contributed by atoms with E-state index in [9.17, 15) is 4.79 Å². The van der Waals surface area contributed by atoms with Crippen LogP contribution >= 0.6 is 11.8 Å². The molecule has 1 unspecified atom stereocenters. The maximum absolute atomic E-state index is 11.5. The highest BCUT2D eigenvalue weighted by Crippen LogP contribution is 2.18. The quantitative estimate of drug-likeness (QED) is 0.569. The van der Waals surface area contributed by atoms with Crippen LogP contribution in [0, 0.1) is 6.92 Å². The topological polar surface area (TPSA) is 49.3 Å². The van der Waals surface area contributed by atoms with E-state index in [1.807, 2.05) is 0 Å². The molecule has 4 heteroatoms.